The summed E-state index contributed by atoms with van der Waals surface area (Å²) in [6.45, 7) is 4.71. The van der Waals surface area contributed by atoms with Gasteiger partial charge in [-0.15, -0.1) is 0 Å². The third kappa shape index (κ3) is 5.10. The van der Waals surface area contributed by atoms with Crippen LogP contribution in [-0.4, -0.2) is 21.1 Å². The molecule has 1 saturated carbocycles. The molecule has 0 unspecified atom stereocenters. The molecule has 23 heavy (non-hydrogen) atoms. The van der Waals surface area contributed by atoms with E-state index in [4.69, 9.17) is 16.3 Å². The van der Waals surface area contributed by atoms with Crippen molar-refractivity contribution in [3.63, 3.8) is 0 Å². The number of benzene rings is 1. The highest BCUT2D eigenvalue weighted by Crippen LogP contribution is 2.29. The van der Waals surface area contributed by atoms with Gasteiger partial charge in [0.2, 0.25) is 10.0 Å². The van der Waals surface area contributed by atoms with Gasteiger partial charge >= 0.3 is 0 Å². The Morgan fingerprint density at radius 2 is 2.04 bits per heavy atom. The molecule has 0 radical (unpaired) electrons. The molecule has 0 heterocycles. The fraction of sp³-hybridized carbons (Fsp3) is 0.647. The first-order valence-electron chi connectivity index (χ1n) is 8.38. The maximum Gasteiger partial charge on any atom is 0.240 e. The summed E-state index contributed by atoms with van der Waals surface area (Å²) in [5, 5.41) is 0.436. The summed E-state index contributed by atoms with van der Waals surface area (Å²) in [6.07, 6.45) is 6.13. The van der Waals surface area contributed by atoms with Gasteiger partial charge in [0, 0.05) is 12.1 Å². The Bertz CT molecular complexity index is 618. The van der Waals surface area contributed by atoms with E-state index < -0.39 is 10.0 Å². The van der Waals surface area contributed by atoms with Crippen LogP contribution in [0.5, 0.6) is 5.75 Å². The smallest absolute Gasteiger partial charge is 0.240 e. The summed E-state index contributed by atoms with van der Waals surface area (Å²) < 4.78 is 33.7. The Labute approximate surface area is 144 Å². The van der Waals surface area contributed by atoms with Crippen LogP contribution in [0.15, 0.2) is 23.1 Å². The average molecular weight is 360 g/mol. The zero-order valence-electron chi connectivity index (χ0n) is 13.8. The van der Waals surface area contributed by atoms with E-state index in [1.807, 2.05) is 0 Å². The average Bonchev–Trinajstić information content (AvgIpc) is 2.51. The quantitative estimate of drug-likeness (QED) is 0.735. The molecule has 0 aromatic heterocycles. The minimum atomic E-state index is -3.55. The largest absolute Gasteiger partial charge is 0.492 e. The van der Waals surface area contributed by atoms with Gasteiger partial charge in [-0.3, -0.25) is 0 Å². The molecular formula is C17H26ClNO3S. The highest BCUT2D eigenvalue weighted by Gasteiger charge is 2.27. The molecule has 1 fully saturated rings. The Hall–Kier alpha value is -0.780. The summed E-state index contributed by atoms with van der Waals surface area (Å²) >= 11 is 6.10. The number of ether oxygens (including phenoxy) is 1. The van der Waals surface area contributed by atoms with Crippen molar-refractivity contribution in [1.82, 2.24) is 4.72 Å². The molecule has 0 spiro atoms. The van der Waals surface area contributed by atoms with Gasteiger partial charge in [-0.05, 0) is 37.3 Å². The first-order chi connectivity index (χ1) is 10.9. The molecule has 1 aromatic rings. The maximum atomic E-state index is 12.6. The zero-order chi connectivity index (χ0) is 16.9. The SMILES string of the molecule is CCCCOc1cc(S(=O)(=O)N[C@@H]2CCCC[C@@H]2C)ccc1Cl. The Morgan fingerprint density at radius 3 is 2.74 bits per heavy atom. The highest BCUT2D eigenvalue weighted by molar-refractivity contribution is 7.89. The number of halogens is 1. The lowest BCUT2D eigenvalue weighted by molar-refractivity contribution is 0.307. The molecule has 1 aliphatic rings. The molecule has 0 amide bonds. The van der Waals surface area contributed by atoms with E-state index in [0.29, 0.717) is 23.3 Å². The van der Waals surface area contributed by atoms with Crippen molar-refractivity contribution in [2.45, 2.75) is 63.3 Å². The second-order valence-electron chi connectivity index (χ2n) is 6.28. The summed E-state index contributed by atoms with van der Waals surface area (Å²) in [7, 11) is -3.55. The van der Waals surface area contributed by atoms with Gasteiger partial charge in [0.1, 0.15) is 5.75 Å². The van der Waals surface area contributed by atoms with Crippen molar-refractivity contribution in [3.05, 3.63) is 23.2 Å². The normalized spacial score (nSPS) is 22.0. The predicted octanol–water partition coefficient (Wildman–Crippen LogP) is 4.38. The van der Waals surface area contributed by atoms with Crippen LogP contribution in [0.2, 0.25) is 5.02 Å². The molecule has 1 aromatic carbocycles. The number of unbranched alkanes of at least 4 members (excludes halogenated alkanes) is 1. The van der Waals surface area contributed by atoms with Crippen LogP contribution in [0.1, 0.15) is 52.4 Å². The van der Waals surface area contributed by atoms with Crippen molar-refractivity contribution in [1.29, 1.82) is 0 Å². The van der Waals surface area contributed by atoms with E-state index in [-0.39, 0.29) is 10.9 Å². The van der Waals surface area contributed by atoms with E-state index >= 15 is 0 Å². The summed E-state index contributed by atoms with van der Waals surface area (Å²) in [4.78, 5) is 0.214. The number of hydrogen-bond donors (Lipinski definition) is 1. The van der Waals surface area contributed by atoms with Gasteiger partial charge in [-0.25, -0.2) is 13.1 Å². The zero-order valence-corrected chi connectivity index (χ0v) is 15.4. The third-order valence-corrected chi connectivity index (χ3v) is 6.19. The summed E-state index contributed by atoms with van der Waals surface area (Å²) in [5.41, 5.74) is 0. The standard InChI is InChI=1S/C17H26ClNO3S/c1-3-4-11-22-17-12-14(9-10-15(17)18)23(20,21)19-16-8-6-5-7-13(16)2/h9-10,12-13,16,19H,3-8,11H2,1-2H3/t13-,16+/m0/s1. The van der Waals surface area contributed by atoms with Gasteiger partial charge in [0.05, 0.1) is 16.5 Å². The van der Waals surface area contributed by atoms with Gasteiger partial charge in [-0.1, -0.05) is 44.7 Å². The topological polar surface area (TPSA) is 55.4 Å². The van der Waals surface area contributed by atoms with Crippen LogP contribution in [0.3, 0.4) is 0 Å². The molecule has 1 aliphatic carbocycles. The summed E-state index contributed by atoms with van der Waals surface area (Å²) in [5.74, 6) is 0.797. The van der Waals surface area contributed by atoms with E-state index in [9.17, 15) is 8.42 Å². The lowest BCUT2D eigenvalue weighted by atomic mass is 9.87. The van der Waals surface area contributed by atoms with Crippen LogP contribution in [0, 0.1) is 5.92 Å². The van der Waals surface area contributed by atoms with Gasteiger partial charge in [-0.2, -0.15) is 0 Å². The molecule has 4 nitrogen and oxygen atoms in total. The fourth-order valence-corrected chi connectivity index (χ4v) is 4.41. The molecular weight excluding hydrogens is 334 g/mol. The molecule has 130 valence electrons. The molecule has 1 N–H and O–H groups in total. The molecule has 2 rings (SSSR count). The molecule has 6 heteroatoms. The van der Waals surface area contributed by atoms with Gasteiger partial charge in [0.15, 0.2) is 0 Å². The fourth-order valence-electron chi connectivity index (χ4n) is 2.85. The maximum absolute atomic E-state index is 12.6. The second kappa shape index (κ2) is 8.36. The Kier molecular flexibility index (Phi) is 6.74. The van der Waals surface area contributed by atoms with Crippen molar-refractivity contribution in [3.8, 4) is 5.75 Å². The summed E-state index contributed by atoms with van der Waals surface area (Å²) in [6, 6.07) is 4.65. The molecule has 0 bridgehead atoms. The first kappa shape index (κ1) is 18.6. The minimum Gasteiger partial charge on any atom is -0.492 e. The molecule has 2 atom stereocenters. The molecule has 0 saturated heterocycles. The lowest BCUT2D eigenvalue weighted by Gasteiger charge is -2.29. The van der Waals surface area contributed by atoms with Crippen molar-refractivity contribution >= 4 is 21.6 Å². The van der Waals surface area contributed by atoms with Crippen LogP contribution >= 0.6 is 11.6 Å². The van der Waals surface area contributed by atoms with Gasteiger partial charge < -0.3 is 4.74 Å². The predicted molar refractivity (Wildman–Crippen MR) is 93.6 cm³/mol. The van der Waals surface area contributed by atoms with Crippen LogP contribution < -0.4 is 9.46 Å². The lowest BCUT2D eigenvalue weighted by Crippen LogP contribution is -2.40. The highest BCUT2D eigenvalue weighted by atomic mass is 35.5. The van der Waals surface area contributed by atoms with Crippen LogP contribution in [0.25, 0.3) is 0 Å². The van der Waals surface area contributed by atoms with E-state index in [2.05, 4.69) is 18.6 Å². The van der Waals surface area contributed by atoms with Crippen molar-refractivity contribution in [2.75, 3.05) is 6.61 Å². The number of nitrogens with one attached hydrogen (secondary N) is 1. The third-order valence-electron chi connectivity index (χ3n) is 4.39. The first-order valence-corrected chi connectivity index (χ1v) is 10.2. The number of rotatable bonds is 7. The monoisotopic (exact) mass is 359 g/mol. The number of sulfonamides is 1. The Morgan fingerprint density at radius 1 is 1.30 bits per heavy atom. The Balaban J connectivity index is 2.13. The number of hydrogen-bond acceptors (Lipinski definition) is 3. The van der Waals surface area contributed by atoms with Crippen molar-refractivity contribution in [2.24, 2.45) is 5.92 Å². The van der Waals surface area contributed by atoms with E-state index in [1.54, 1.807) is 6.07 Å². The van der Waals surface area contributed by atoms with E-state index in [1.165, 1.54) is 18.6 Å². The minimum absolute atomic E-state index is 0.00823. The van der Waals surface area contributed by atoms with Crippen molar-refractivity contribution < 1.29 is 13.2 Å². The van der Waals surface area contributed by atoms with Gasteiger partial charge in [0.25, 0.3) is 0 Å². The van der Waals surface area contributed by atoms with E-state index in [0.717, 1.165) is 32.1 Å². The van der Waals surface area contributed by atoms with Crippen LogP contribution in [0.4, 0.5) is 0 Å². The van der Waals surface area contributed by atoms with Crippen LogP contribution in [-0.2, 0) is 10.0 Å². The second-order valence-corrected chi connectivity index (χ2v) is 8.40. The molecule has 0 aliphatic heterocycles.